The van der Waals surface area contributed by atoms with Crippen molar-refractivity contribution in [1.29, 1.82) is 0 Å². The number of amides is 1. The average molecular weight is 434 g/mol. The normalized spacial score (nSPS) is 19.5. The van der Waals surface area contributed by atoms with E-state index < -0.39 is 0 Å². The summed E-state index contributed by atoms with van der Waals surface area (Å²) < 4.78 is 7.59. The van der Waals surface area contributed by atoms with Crippen LogP contribution in [0.2, 0.25) is 0 Å². The van der Waals surface area contributed by atoms with Gasteiger partial charge in [-0.2, -0.15) is 5.10 Å². The molecule has 0 spiro atoms. The molecule has 1 unspecified atom stereocenters. The number of hydrogen-bond donors (Lipinski definition) is 0. The van der Waals surface area contributed by atoms with Crippen LogP contribution in [-0.2, 0) is 24.1 Å². The van der Waals surface area contributed by atoms with Gasteiger partial charge in [-0.3, -0.25) is 14.4 Å². The van der Waals surface area contributed by atoms with Crippen molar-refractivity contribution in [3.8, 4) is 0 Å². The van der Waals surface area contributed by atoms with E-state index >= 15 is 0 Å². The quantitative estimate of drug-likeness (QED) is 0.568. The van der Waals surface area contributed by atoms with Gasteiger partial charge in [-0.25, -0.2) is 0 Å². The monoisotopic (exact) mass is 433 g/mol. The van der Waals surface area contributed by atoms with Gasteiger partial charge in [-0.05, 0) is 44.8 Å². The van der Waals surface area contributed by atoms with Gasteiger partial charge in [0.25, 0.3) is 5.91 Å². The lowest BCUT2D eigenvalue weighted by Crippen LogP contribution is -2.44. The van der Waals surface area contributed by atoms with Gasteiger partial charge < -0.3 is 14.5 Å². The molecule has 1 aromatic rings. The molecule has 2 heterocycles. The molecule has 0 radical (unpaired) electrons. The fourth-order valence-electron chi connectivity index (χ4n) is 4.97. The van der Waals surface area contributed by atoms with Crippen molar-refractivity contribution in [3.63, 3.8) is 0 Å². The number of fused-ring (bicyclic) bond motifs is 1. The summed E-state index contributed by atoms with van der Waals surface area (Å²) in [5, 5.41) is 4.89. The Morgan fingerprint density at radius 2 is 1.84 bits per heavy atom. The molecular weight excluding hydrogens is 390 g/mol. The number of morpholine rings is 1. The Morgan fingerprint density at radius 3 is 2.45 bits per heavy atom. The highest BCUT2D eigenvalue weighted by molar-refractivity contribution is 5.94. The minimum atomic E-state index is 0.0916. The van der Waals surface area contributed by atoms with Crippen molar-refractivity contribution in [3.05, 3.63) is 17.0 Å². The zero-order valence-electron chi connectivity index (χ0n) is 20.4. The van der Waals surface area contributed by atoms with Crippen LogP contribution in [0.15, 0.2) is 0 Å². The number of carbonyl (C=O) groups excluding carboxylic acids is 1. The molecule has 1 saturated heterocycles. The van der Waals surface area contributed by atoms with E-state index in [0.717, 1.165) is 58.5 Å². The lowest BCUT2D eigenvalue weighted by atomic mass is 9.89. The zero-order valence-corrected chi connectivity index (χ0v) is 20.4. The van der Waals surface area contributed by atoms with Gasteiger partial charge in [0.1, 0.15) is 0 Å². The Bertz CT molecular complexity index is 707. The van der Waals surface area contributed by atoms with Crippen molar-refractivity contribution in [2.24, 2.45) is 5.92 Å². The summed E-state index contributed by atoms with van der Waals surface area (Å²) in [6, 6.07) is 0.487. The molecule has 0 N–H and O–H groups in total. The molecule has 1 amide bonds. The van der Waals surface area contributed by atoms with Crippen LogP contribution in [0.4, 0.5) is 0 Å². The van der Waals surface area contributed by atoms with E-state index in [0.29, 0.717) is 44.0 Å². The number of rotatable bonds is 10. The third-order valence-electron chi connectivity index (χ3n) is 6.88. The third-order valence-corrected chi connectivity index (χ3v) is 6.88. The first-order chi connectivity index (χ1) is 15.0. The number of carbonyl (C=O) groups is 1. The van der Waals surface area contributed by atoms with Gasteiger partial charge in [0, 0.05) is 50.0 Å². The topological polar surface area (TPSA) is 53.8 Å². The molecule has 2 aliphatic rings. The zero-order chi connectivity index (χ0) is 22.4. The molecule has 31 heavy (non-hydrogen) atoms. The van der Waals surface area contributed by atoms with Crippen molar-refractivity contribution < 1.29 is 9.53 Å². The molecule has 7 nitrogen and oxygen atoms in total. The highest BCUT2D eigenvalue weighted by Crippen LogP contribution is 2.29. The van der Waals surface area contributed by atoms with Crippen LogP contribution in [0.5, 0.6) is 0 Å². The van der Waals surface area contributed by atoms with Crippen LogP contribution in [0.3, 0.4) is 0 Å². The molecule has 1 fully saturated rings. The summed E-state index contributed by atoms with van der Waals surface area (Å²) in [4.78, 5) is 20.4. The van der Waals surface area contributed by atoms with Crippen LogP contribution >= 0.6 is 0 Å². The van der Waals surface area contributed by atoms with E-state index in [1.807, 2.05) is 4.90 Å². The molecule has 1 aliphatic heterocycles. The van der Waals surface area contributed by atoms with E-state index in [9.17, 15) is 4.79 Å². The van der Waals surface area contributed by atoms with Crippen LogP contribution in [0, 0.1) is 5.92 Å². The number of nitrogens with zero attached hydrogens (tertiary/aromatic N) is 5. The second kappa shape index (κ2) is 11.4. The minimum Gasteiger partial charge on any atom is -0.378 e. The van der Waals surface area contributed by atoms with Crippen LogP contribution in [0.25, 0.3) is 0 Å². The largest absolute Gasteiger partial charge is 0.378 e. The predicted molar refractivity (Wildman–Crippen MR) is 125 cm³/mol. The summed E-state index contributed by atoms with van der Waals surface area (Å²) in [7, 11) is 0. The van der Waals surface area contributed by atoms with Gasteiger partial charge in [0.15, 0.2) is 5.69 Å². The minimum absolute atomic E-state index is 0.0916. The van der Waals surface area contributed by atoms with Crippen LogP contribution in [-0.4, -0.2) is 95.5 Å². The molecule has 0 aromatic carbocycles. The first-order valence-electron chi connectivity index (χ1n) is 12.4. The summed E-state index contributed by atoms with van der Waals surface area (Å²) in [6.07, 6.45) is 3.09. The van der Waals surface area contributed by atoms with E-state index in [1.54, 1.807) is 0 Å². The first-order valence-corrected chi connectivity index (χ1v) is 12.4. The van der Waals surface area contributed by atoms with E-state index in [-0.39, 0.29) is 5.91 Å². The SMILES string of the molecule is CCN(CC)CCN(CC)C1CCc2c(c(C(=O)N3CCOCC3)nn2CC(C)C)C1. The molecule has 0 saturated carbocycles. The maximum atomic E-state index is 13.4. The van der Waals surface area contributed by atoms with Gasteiger partial charge in [-0.1, -0.05) is 34.6 Å². The molecule has 1 aromatic heterocycles. The smallest absolute Gasteiger partial charge is 0.274 e. The van der Waals surface area contributed by atoms with Gasteiger partial charge >= 0.3 is 0 Å². The van der Waals surface area contributed by atoms with E-state index in [2.05, 4.69) is 49.1 Å². The summed E-state index contributed by atoms with van der Waals surface area (Å²) >= 11 is 0. The average Bonchev–Trinajstić information content (AvgIpc) is 3.14. The Morgan fingerprint density at radius 1 is 1.13 bits per heavy atom. The standard InChI is InChI=1S/C24H43N5O2/c1-6-26(7-2)11-12-27(8-3)20-9-10-22-21(17-20)23(25-29(22)18-19(4)5)24(30)28-13-15-31-16-14-28/h19-20H,6-18H2,1-5H3. The Kier molecular flexibility index (Phi) is 8.93. The second-order valence-corrected chi connectivity index (χ2v) is 9.31. The second-order valence-electron chi connectivity index (χ2n) is 9.31. The summed E-state index contributed by atoms with van der Waals surface area (Å²) in [6.45, 7) is 20.1. The van der Waals surface area contributed by atoms with Crippen LogP contribution in [0.1, 0.15) is 62.8 Å². The fourth-order valence-corrected chi connectivity index (χ4v) is 4.97. The van der Waals surface area contributed by atoms with Gasteiger partial charge in [0.2, 0.25) is 0 Å². The van der Waals surface area contributed by atoms with Crippen molar-refractivity contribution >= 4 is 5.91 Å². The molecule has 0 bridgehead atoms. The molecule has 176 valence electrons. The molecule has 7 heteroatoms. The Balaban J connectivity index is 1.81. The molecular formula is C24H43N5O2. The Hall–Kier alpha value is -1.44. The lowest BCUT2D eigenvalue weighted by molar-refractivity contribution is 0.0297. The molecule has 3 rings (SSSR count). The molecule has 1 aliphatic carbocycles. The summed E-state index contributed by atoms with van der Waals surface area (Å²) in [5.74, 6) is 0.600. The number of ether oxygens (including phenoxy) is 1. The van der Waals surface area contributed by atoms with E-state index in [4.69, 9.17) is 9.84 Å². The Labute approximate surface area is 188 Å². The first kappa shape index (κ1) is 24.2. The van der Waals surface area contributed by atoms with Gasteiger partial charge in [-0.15, -0.1) is 0 Å². The number of hydrogen-bond acceptors (Lipinski definition) is 5. The lowest BCUT2D eigenvalue weighted by Gasteiger charge is -2.35. The van der Waals surface area contributed by atoms with Gasteiger partial charge in [0.05, 0.1) is 13.2 Å². The van der Waals surface area contributed by atoms with Crippen molar-refractivity contribution in [2.75, 3.05) is 59.0 Å². The highest BCUT2D eigenvalue weighted by Gasteiger charge is 2.33. The van der Waals surface area contributed by atoms with Crippen LogP contribution < -0.4 is 0 Å². The summed E-state index contributed by atoms with van der Waals surface area (Å²) in [5.41, 5.74) is 3.19. The van der Waals surface area contributed by atoms with Crippen molar-refractivity contribution in [1.82, 2.24) is 24.5 Å². The van der Waals surface area contributed by atoms with E-state index in [1.165, 1.54) is 11.3 Å². The maximum Gasteiger partial charge on any atom is 0.274 e. The highest BCUT2D eigenvalue weighted by atomic mass is 16.5. The van der Waals surface area contributed by atoms with Crippen molar-refractivity contribution in [2.45, 2.75) is 66.5 Å². The fraction of sp³-hybridized carbons (Fsp3) is 0.833. The third kappa shape index (κ3) is 5.88. The number of aromatic nitrogens is 2. The predicted octanol–water partition coefficient (Wildman–Crippen LogP) is 2.53. The number of likely N-dealkylation sites (N-methyl/N-ethyl adjacent to an activating group) is 2. The molecule has 1 atom stereocenters. The maximum absolute atomic E-state index is 13.4.